The normalized spacial score (nSPS) is 16.5. The highest BCUT2D eigenvalue weighted by atomic mass is 14.9. The van der Waals surface area contributed by atoms with Crippen LogP contribution in [0.25, 0.3) is 0 Å². The molecule has 16 heavy (non-hydrogen) atoms. The zero-order valence-corrected chi connectivity index (χ0v) is 10.5. The molecule has 1 aliphatic rings. The quantitative estimate of drug-likeness (QED) is 0.849. The molecule has 1 aliphatic carbocycles. The number of aromatic nitrogens is 2. The van der Waals surface area contributed by atoms with Gasteiger partial charge in [-0.25, -0.2) is 9.97 Å². The smallest absolute Gasteiger partial charge is 0.131 e. The van der Waals surface area contributed by atoms with Crippen LogP contribution in [0.1, 0.15) is 56.7 Å². The van der Waals surface area contributed by atoms with Gasteiger partial charge in [0.25, 0.3) is 0 Å². The summed E-state index contributed by atoms with van der Waals surface area (Å²) in [5.41, 5.74) is 8.07. The van der Waals surface area contributed by atoms with Crippen molar-refractivity contribution < 1.29 is 0 Å². The van der Waals surface area contributed by atoms with Crippen molar-refractivity contribution in [2.24, 2.45) is 11.1 Å². The van der Waals surface area contributed by atoms with Crippen LogP contribution in [0.4, 0.5) is 0 Å². The molecule has 0 amide bonds. The number of hydrogen-bond donors (Lipinski definition) is 1. The third-order valence-corrected chi connectivity index (χ3v) is 2.71. The lowest BCUT2D eigenvalue weighted by Crippen LogP contribution is -2.13. The molecule has 0 spiro atoms. The average molecular weight is 219 g/mol. The molecule has 0 bridgehead atoms. The summed E-state index contributed by atoms with van der Waals surface area (Å²) >= 11 is 0. The highest BCUT2D eigenvalue weighted by molar-refractivity contribution is 5.16. The van der Waals surface area contributed by atoms with Gasteiger partial charge in [0.05, 0.1) is 5.69 Å². The summed E-state index contributed by atoms with van der Waals surface area (Å²) in [5.74, 6) is 1.62. The van der Waals surface area contributed by atoms with Gasteiger partial charge in [0, 0.05) is 18.2 Å². The Bertz CT molecular complexity index is 375. The predicted molar refractivity (Wildman–Crippen MR) is 65.1 cm³/mol. The SMILES string of the molecule is CC(C)(C)Cc1cc(CN)nc(C2CC2)n1. The van der Waals surface area contributed by atoms with Crippen LogP contribution >= 0.6 is 0 Å². The maximum absolute atomic E-state index is 5.68. The van der Waals surface area contributed by atoms with Gasteiger partial charge in [-0.2, -0.15) is 0 Å². The minimum atomic E-state index is 0.265. The molecule has 0 radical (unpaired) electrons. The number of nitrogens with zero attached hydrogens (tertiary/aromatic N) is 2. The summed E-state index contributed by atoms with van der Waals surface area (Å²) in [5, 5.41) is 0. The van der Waals surface area contributed by atoms with E-state index in [1.54, 1.807) is 0 Å². The van der Waals surface area contributed by atoms with Crippen LogP contribution in [0.15, 0.2) is 6.07 Å². The minimum absolute atomic E-state index is 0.265. The molecule has 1 fully saturated rings. The molecule has 0 aliphatic heterocycles. The number of rotatable bonds is 3. The standard InChI is InChI=1S/C13H21N3/c1-13(2,3)7-10-6-11(8-14)16-12(15-10)9-4-5-9/h6,9H,4-5,7-8,14H2,1-3H3. The van der Waals surface area contributed by atoms with Crippen molar-refractivity contribution in [3.8, 4) is 0 Å². The van der Waals surface area contributed by atoms with E-state index in [0.717, 1.165) is 23.6 Å². The first kappa shape index (κ1) is 11.5. The Labute approximate surface area is 97.5 Å². The first-order chi connectivity index (χ1) is 7.48. The largest absolute Gasteiger partial charge is 0.325 e. The van der Waals surface area contributed by atoms with Crippen LogP contribution in [0.2, 0.25) is 0 Å². The van der Waals surface area contributed by atoms with Crippen molar-refractivity contribution in [1.82, 2.24) is 9.97 Å². The first-order valence-corrected chi connectivity index (χ1v) is 6.05. The van der Waals surface area contributed by atoms with Crippen LogP contribution in [0.5, 0.6) is 0 Å². The topological polar surface area (TPSA) is 51.8 Å². The second kappa shape index (κ2) is 4.13. The van der Waals surface area contributed by atoms with E-state index in [2.05, 4.69) is 36.8 Å². The van der Waals surface area contributed by atoms with E-state index in [-0.39, 0.29) is 5.41 Å². The van der Waals surface area contributed by atoms with Crippen molar-refractivity contribution in [1.29, 1.82) is 0 Å². The van der Waals surface area contributed by atoms with E-state index in [1.807, 2.05) is 0 Å². The molecule has 88 valence electrons. The van der Waals surface area contributed by atoms with E-state index in [1.165, 1.54) is 12.8 Å². The van der Waals surface area contributed by atoms with Crippen LogP contribution in [-0.2, 0) is 13.0 Å². The third kappa shape index (κ3) is 3.01. The highest BCUT2D eigenvalue weighted by Crippen LogP contribution is 2.38. The Balaban J connectivity index is 2.25. The van der Waals surface area contributed by atoms with E-state index in [4.69, 9.17) is 5.73 Å². The molecule has 3 nitrogen and oxygen atoms in total. The maximum atomic E-state index is 5.68. The van der Waals surface area contributed by atoms with Crippen LogP contribution in [0.3, 0.4) is 0 Å². The van der Waals surface area contributed by atoms with E-state index >= 15 is 0 Å². The minimum Gasteiger partial charge on any atom is -0.325 e. The zero-order chi connectivity index (χ0) is 11.8. The van der Waals surface area contributed by atoms with E-state index in [9.17, 15) is 0 Å². The van der Waals surface area contributed by atoms with Gasteiger partial charge in [-0.15, -0.1) is 0 Å². The fourth-order valence-corrected chi connectivity index (χ4v) is 1.84. The summed E-state index contributed by atoms with van der Waals surface area (Å²) in [4.78, 5) is 9.17. The number of nitrogens with two attached hydrogens (primary N) is 1. The van der Waals surface area contributed by atoms with Crippen molar-refractivity contribution in [3.63, 3.8) is 0 Å². The summed E-state index contributed by atoms with van der Waals surface area (Å²) < 4.78 is 0. The molecule has 1 aromatic heterocycles. The molecular formula is C13H21N3. The molecular weight excluding hydrogens is 198 g/mol. The van der Waals surface area contributed by atoms with Gasteiger partial charge in [0.2, 0.25) is 0 Å². The first-order valence-electron chi connectivity index (χ1n) is 6.05. The molecule has 0 unspecified atom stereocenters. The second-order valence-corrected chi connectivity index (χ2v) is 5.92. The Hall–Kier alpha value is -0.960. The van der Waals surface area contributed by atoms with Crippen molar-refractivity contribution >= 4 is 0 Å². The molecule has 0 aromatic carbocycles. The lowest BCUT2D eigenvalue weighted by molar-refractivity contribution is 0.405. The van der Waals surface area contributed by atoms with Gasteiger partial charge >= 0.3 is 0 Å². The third-order valence-electron chi connectivity index (χ3n) is 2.71. The van der Waals surface area contributed by atoms with Gasteiger partial charge in [0.15, 0.2) is 0 Å². The molecule has 2 rings (SSSR count). The van der Waals surface area contributed by atoms with E-state index < -0.39 is 0 Å². The summed E-state index contributed by atoms with van der Waals surface area (Å²) in [6, 6.07) is 2.05. The van der Waals surface area contributed by atoms with Crippen LogP contribution in [0, 0.1) is 5.41 Å². The summed E-state index contributed by atoms with van der Waals surface area (Å²) in [6.45, 7) is 7.20. The van der Waals surface area contributed by atoms with Gasteiger partial charge in [0.1, 0.15) is 5.82 Å². The summed E-state index contributed by atoms with van der Waals surface area (Å²) in [6.07, 6.45) is 3.47. The summed E-state index contributed by atoms with van der Waals surface area (Å²) in [7, 11) is 0. The molecule has 1 heterocycles. The maximum Gasteiger partial charge on any atom is 0.131 e. The van der Waals surface area contributed by atoms with Crippen LogP contribution < -0.4 is 5.73 Å². The monoisotopic (exact) mass is 219 g/mol. The van der Waals surface area contributed by atoms with Gasteiger partial charge in [-0.1, -0.05) is 20.8 Å². The molecule has 1 saturated carbocycles. The zero-order valence-electron chi connectivity index (χ0n) is 10.5. The Morgan fingerprint density at radius 3 is 2.38 bits per heavy atom. The van der Waals surface area contributed by atoms with Crippen molar-refractivity contribution in [3.05, 3.63) is 23.3 Å². The molecule has 0 saturated heterocycles. The van der Waals surface area contributed by atoms with Gasteiger partial charge < -0.3 is 5.73 Å². The Kier molecular flexibility index (Phi) is 2.98. The lowest BCUT2D eigenvalue weighted by Gasteiger charge is -2.18. The molecule has 0 atom stereocenters. The Morgan fingerprint density at radius 1 is 1.25 bits per heavy atom. The van der Waals surface area contributed by atoms with Crippen molar-refractivity contribution in [2.45, 2.75) is 52.5 Å². The van der Waals surface area contributed by atoms with Crippen LogP contribution in [-0.4, -0.2) is 9.97 Å². The second-order valence-electron chi connectivity index (χ2n) is 5.92. The predicted octanol–water partition coefficient (Wildman–Crippen LogP) is 2.40. The van der Waals surface area contributed by atoms with E-state index in [0.29, 0.717) is 12.5 Å². The Morgan fingerprint density at radius 2 is 1.88 bits per heavy atom. The van der Waals surface area contributed by atoms with Crippen molar-refractivity contribution in [2.75, 3.05) is 0 Å². The molecule has 2 N–H and O–H groups in total. The average Bonchev–Trinajstić information content (AvgIpc) is 2.97. The fourth-order valence-electron chi connectivity index (χ4n) is 1.84. The fraction of sp³-hybridized carbons (Fsp3) is 0.692. The van der Waals surface area contributed by atoms with Gasteiger partial charge in [-0.3, -0.25) is 0 Å². The molecule has 3 heteroatoms. The highest BCUT2D eigenvalue weighted by Gasteiger charge is 2.27. The van der Waals surface area contributed by atoms with Gasteiger partial charge in [-0.05, 0) is 30.7 Å². The molecule has 1 aromatic rings. The lowest BCUT2D eigenvalue weighted by atomic mass is 9.90. The number of hydrogen-bond acceptors (Lipinski definition) is 3.